The van der Waals surface area contributed by atoms with E-state index in [9.17, 15) is 13.2 Å². The van der Waals surface area contributed by atoms with Gasteiger partial charge in [-0.15, -0.1) is 0 Å². The van der Waals surface area contributed by atoms with E-state index >= 15 is 0 Å². The van der Waals surface area contributed by atoms with Crippen molar-refractivity contribution in [2.24, 2.45) is 0 Å². The fourth-order valence-corrected chi connectivity index (χ4v) is 3.57. The molecule has 2 aromatic rings. The minimum atomic E-state index is -3.59. The molecule has 1 aromatic heterocycles. The van der Waals surface area contributed by atoms with Gasteiger partial charge in [0.15, 0.2) is 0 Å². The molecule has 1 aromatic carbocycles. The van der Waals surface area contributed by atoms with E-state index in [4.69, 9.17) is 0 Å². The van der Waals surface area contributed by atoms with Crippen LogP contribution in [0.15, 0.2) is 47.5 Å². The third-order valence-corrected chi connectivity index (χ3v) is 5.29. The molecule has 25 heavy (non-hydrogen) atoms. The number of nitrogens with one attached hydrogen (secondary N) is 2. The van der Waals surface area contributed by atoms with Gasteiger partial charge >= 0.3 is 0 Å². The van der Waals surface area contributed by atoms with Crippen molar-refractivity contribution in [2.75, 3.05) is 24.3 Å². The summed E-state index contributed by atoms with van der Waals surface area (Å²) >= 11 is 0. The molecule has 2 N–H and O–H groups in total. The van der Waals surface area contributed by atoms with Crippen LogP contribution >= 0.6 is 0 Å². The van der Waals surface area contributed by atoms with Crippen LogP contribution in [0.3, 0.4) is 0 Å². The Labute approximate surface area is 147 Å². The minimum absolute atomic E-state index is 0.0174. The fourth-order valence-electron chi connectivity index (χ4n) is 2.22. The molecule has 1 amide bonds. The van der Waals surface area contributed by atoms with Crippen molar-refractivity contribution in [3.8, 4) is 0 Å². The van der Waals surface area contributed by atoms with Crippen LogP contribution < -0.4 is 14.9 Å². The molecular weight excluding hydrogens is 340 g/mol. The Balaban J connectivity index is 1.74. The van der Waals surface area contributed by atoms with Gasteiger partial charge in [-0.05, 0) is 43.2 Å². The maximum Gasteiger partial charge on any atom is 0.255 e. The van der Waals surface area contributed by atoms with Crippen molar-refractivity contribution >= 4 is 27.4 Å². The number of aromatic nitrogens is 1. The van der Waals surface area contributed by atoms with Gasteiger partial charge in [-0.3, -0.25) is 4.79 Å². The molecule has 132 valence electrons. The van der Waals surface area contributed by atoms with Crippen molar-refractivity contribution < 1.29 is 13.2 Å². The lowest BCUT2D eigenvalue weighted by molar-refractivity contribution is 0.102. The van der Waals surface area contributed by atoms with Crippen LogP contribution in [0.25, 0.3) is 0 Å². The monoisotopic (exact) mass is 360 g/mol. The molecule has 1 saturated carbocycles. The van der Waals surface area contributed by atoms with Crippen LogP contribution in [0.5, 0.6) is 0 Å². The lowest BCUT2D eigenvalue weighted by Crippen LogP contribution is -2.26. The molecular formula is C17H20N4O3S. The normalized spacial score (nSPS) is 14.2. The van der Waals surface area contributed by atoms with Crippen LogP contribution in [0, 0.1) is 0 Å². The first kappa shape index (κ1) is 17.4. The predicted octanol–water partition coefficient (Wildman–Crippen LogP) is 1.84. The number of benzene rings is 1. The van der Waals surface area contributed by atoms with Gasteiger partial charge in [0, 0.05) is 25.7 Å². The molecule has 0 bridgehead atoms. The first-order chi connectivity index (χ1) is 11.8. The molecule has 1 fully saturated rings. The summed E-state index contributed by atoms with van der Waals surface area (Å²) in [6, 6.07) is 9.54. The maximum absolute atomic E-state index is 12.4. The summed E-state index contributed by atoms with van der Waals surface area (Å²) in [4.78, 5) is 18.6. The Bertz CT molecular complexity index is 875. The summed E-state index contributed by atoms with van der Waals surface area (Å²) < 4.78 is 27.1. The number of pyridine rings is 1. The zero-order valence-corrected chi connectivity index (χ0v) is 14.9. The van der Waals surface area contributed by atoms with Gasteiger partial charge in [0.2, 0.25) is 10.0 Å². The lowest BCUT2D eigenvalue weighted by Gasteiger charge is -2.12. The number of amides is 1. The molecule has 1 aliphatic rings. The summed E-state index contributed by atoms with van der Waals surface area (Å²) in [6.45, 7) is 0. The number of carbonyl (C=O) groups excluding carboxylic acids is 1. The van der Waals surface area contributed by atoms with Gasteiger partial charge in [-0.2, -0.15) is 0 Å². The van der Waals surface area contributed by atoms with Gasteiger partial charge in [0.1, 0.15) is 5.82 Å². The fraction of sp³-hybridized carbons (Fsp3) is 0.294. The third-order valence-electron chi connectivity index (χ3n) is 3.77. The Morgan fingerprint density at radius 2 is 1.96 bits per heavy atom. The molecule has 8 heteroatoms. The second kappa shape index (κ2) is 6.81. The lowest BCUT2D eigenvalue weighted by atomic mass is 10.2. The average molecular weight is 360 g/mol. The number of rotatable bonds is 6. The number of anilines is 2. The standard InChI is InChI=1S/C17H20N4O3S/c1-21(2)16-9-8-14(11-18-16)19-17(22)12-4-3-5-15(10-12)25(23,24)20-13-6-7-13/h3-5,8-11,13,20H,6-7H2,1-2H3,(H,19,22). The highest BCUT2D eigenvalue weighted by molar-refractivity contribution is 7.89. The summed E-state index contributed by atoms with van der Waals surface area (Å²) in [5, 5.41) is 2.72. The van der Waals surface area contributed by atoms with Gasteiger partial charge < -0.3 is 10.2 Å². The van der Waals surface area contributed by atoms with Crippen molar-refractivity contribution in [3.05, 3.63) is 48.2 Å². The van der Waals surface area contributed by atoms with Crippen molar-refractivity contribution in [1.29, 1.82) is 0 Å². The van der Waals surface area contributed by atoms with E-state index in [2.05, 4.69) is 15.0 Å². The van der Waals surface area contributed by atoms with Crippen molar-refractivity contribution in [2.45, 2.75) is 23.8 Å². The summed E-state index contributed by atoms with van der Waals surface area (Å²) in [7, 11) is 0.165. The van der Waals surface area contributed by atoms with E-state index in [0.717, 1.165) is 18.7 Å². The zero-order chi connectivity index (χ0) is 18.0. The van der Waals surface area contributed by atoms with E-state index in [-0.39, 0.29) is 22.4 Å². The molecule has 7 nitrogen and oxygen atoms in total. The summed E-state index contributed by atoms with van der Waals surface area (Å²) in [5.74, 6) is 0.389. The summed E-state index contributed by atoms with van der Waals surface area (Å²) in [6.07, 6.45) is 3.27. The van der Waals surface area contributed by atoms with Crippen molar-refractivity contribution in [3.63, 3.8) is 0 Å². The zero-order valence-electron chi connectivity index (χ0n) is 14.1. The quantitative estimate of drug-likeness (QED) is 0.820. The van der Waals surface area contributed by atoms with E-state index < -0.39 is 10.0 Å². The Morgan fingerprint density at radius 1 is 1.20 bits per heavy atom. The Morgan fingerprint density at radius 3 is 2.56 bits per heavy atom. The molecule has 0 atom stereocenters. The highest BCUT2D eigenvalue weighted by Gasteiger charge is 2.28. The number of hydrogen-bond acceptors (Lipinski definition) is 5. The molecule has 0 radical (unpaired) electrons. The Kier molecular flexibility index (Phi) is 4.73. The van der Waals surface area contributed by atoms with Gasteiger partial charge in [0.25, 0.3) is 5.91 Å². The van der Waals surface area contributed by atoms with Crippen LogP contribution in [0.1, 0.15) is 23.2 Å². The number of carbonyl (C=O) groups is 1. The molecule has 0 saturated heterocycles. The van der Waals surface area contributed by atoms with E-state index in [1.165, 1.54) is 12.1 Å². The van der Waals surface area contributed by atoms with Gasteiger partial charge in [0.05, 0.1) is 16.8 Å². The smallest absolute Gasteiger partial charge is 0.255 e. The van der Waals surface area contributed by atoms with Crippen LogP contribution in [-0.4, -0.2) is 39.4 Å². The maximum atomic E-state index is 12.4. The van der Waals surface area contributed by atoms with Gasteiger partial charge in [-0.25, -0.2) is 18.1 Å². The highest BCUT2D eigenvalue weighted by atomic mass is 32.2. The van der Waals surface area contributed by atoms with E-state index in [1.54, 1.807) is 30.5 Å². The predicted molar refractivity (Wildman–Crippen MR) is 96.3 cm³/mol. The molecule has 0 spiro atoms. The molecule has 1 heterocycles. The number of nitrogens with zero attached hydrogens (tertiary/aromatic N) is 2. The molecule has 3 rings (SSSR count). The summed E-state index contributed by atoms with van der Waals surface area (Å²) in [5.41, 5.74) is 0.815. The SMILES string of the molecule is CN(C)c1ccc(NC(=O)c2cccc(S(=O)(=O)NC3CC3)c2)cn1. The largest absolute Gasteiger partial charge is 0.363 e. The molecule has 0 aliphatic heterocycles. The first-order valence-electron chi connectivity index (χ1n) is 7.92. The van der Waals surface area contributed by atoms with Crippen molar-refractivity contribution in [1.82, 2.24) is 9.71 Å². The topological polar surface area (TPSA) is 91.4 Å². The second-order valence-corrected chi connectivity index (χ2v) is 7.89. The average Bonchev–Trinajstić information content (AvgIpc) is 3.39. The third kappa shape index (κ3) is 4.34. The van der Waals surface area contributed by atoms with Gasteiger partial charge in [-0.1, -0.05) is 6.07 Å². The van der Waals surface area contributed by atoms with Crippen LogP contribution in [0.2, 0.25) is 0 Å². The minimum Gasteiger partial charge on any atom is -0.363 e. The highest BCUT2D eigenvalue weighted by Crippen LogP contribution is 2.22. The molecule has 1 aliphatic carbocycles. The first-order valence-corrected chi connectivity index (χ1v) is 9.40. The Hall–Kier alpha value is -2.45. The van der Waals surface area contributed by atoms with Crippen LogP contribution in [-0.2, 0) is 10.0 Å². The number of sulfonamides is 1. The van der Waals surface area contributed by atoms with E-state index in [0.29, 0.717) is 5.69 Å². The number of hydrogen-bond donors (Lipinski definition) is 2. The van der Waals surface area contributed by atoms with Crippen LogP contribution in [0.4, 0.5) is 11.5 Å². The second-order valence-electron chi connectivity index (χ2n) is 6.18. The molecule has 0 unspecified atom stereocenters. The van der Waals surface area contributed by atoms with E-state index in [1.807, 2.05) is 19.0 Å².